The second kappa shape index (κ2) is 3.45. The SMILES string of the molecule is CC1(c2cc(N)c(F)c(F)c2)CCCN1. The van der Waals surface area contributed by atoms with Gasteiger partial charge in [0.05, 0.1) is 5.69 Å². The van der Waals surface area contributed by atoms with Crippen LogP contribution in [0, 0.1) is 11.6 Å². The van der Waals surface area contributed by atoms with E-state index < -0.39 is 11.6 Å². The second-order valence-electron chi connectivity index (χ2n) is 4.22. The summed E-state index contributed by atoms with van der Waals surface area (Å²) < 4.78 is 26.2. The van der Waals surface area contributed by atoms with Crippen molar-refractivity contribution in [3.8, 4) is 0 Å². The molecule has 0 bridgehead atoms. The van der Waals surface area contributed by atoms with Crippen LogP contribution in [0.2, 0.25) is 0 Å². The first-order chi connectivity index (χ1) is 7.03. The summed E-state index contributed by atoms with van der Waals surface area (Å²) >= 11 is 0. The first-order valence-corrected chi connectivity index (χ1v) is 5.03. The van der Waals surface area contributed by atoms with Crippen LogP contribution in [-0.2, 0) is 5.54 Å². The maximum Gasteiger partial charge on any atom is 0.181 e. The molecule has 15 heavy (non-hydrogen) atoms. The van der Waals surface area contributed by atoms with Crippen LogP contribution >= 0.6 is 0 Å². The highest BCUT2D eigenvalue weighted by atomic mass is 19.2. The number of anilines is 1. The van der Waals surface area contributed by atoms with Gasteiger partial charge in [-0.1, -0.05) is 0 Å². The second-order valence-corrected chi connectivity index (χ2v) is 4.22. The third-order valence-electron chi connectivity index (χ3n) is 3.06. The van der Waals surface area contributed by atoms with Gasteiger partial charge in [0.1, 0.15) is 0 Å². The predicted molar refractivity (Wildman–Crippen MR) is 55.4 cm³/mol. The molecule has 0 aliphatic carbocycles. The molecule has 1 heterocycles. The van der Waals surface area contributed by atoms with Crippen LogP contribution in [0.3, 0.4) is 0 Å². The third kappa shape index (κ3) is 1.69. The molecule has 82 valence electrons. The summed E-state index contributed by atoms with van der Waals surface area (Å²) in [6.45, 7) is 2.88. The fraction of sp³-hybridized carbons (Fsp3) is 0.455. The minimum atomic E-state index is -0.958. The van der Waals surface area contributed by atoms with E-state index in [1.807, 2.05) is 6.92 Å². The Morgan fingerprint density at radius 3 is 2.67 bits per heavy atom. The van der Waals surface area contributed by atoms with Crippen molar-refractivity contribution in [3.63, 3.8) is 0 Å². The van der Waals surface area contributed by atoms with Gasteiger partial charge in [-0.25, -0.2) is 8.78 Å². The van der Waals surface area contributed by atoms with Crippen LogP contribution < -0.4 is 11.1 Å². The van der Waals surface area contributed by atoms with Crippen LogP contribution in [0.4, 0.5) is 14.5 Å². The molecule has 1 unspecified atom stereocenters. The first kappa shape index (κ1) is 10.4. The molecule has 1 aliphatic heterocycles. The Balaban J connectivity index is 2.45. The molecule has 0 radical (unpaired) electrons. The quantitative estimate of drug-likeness (QED) is 0.700. The molecular weight excluding hydrogens is 198 g/mol. The molecule has 2 rings (SSSR count). The van der Waals surface area contributed by atoms with E-state index in [1.165, 1.54) is 12.1 Å². The number of benzene rings is 1. The van der Waals surface area contributed by atoms with Crippen LogP contribution in [0.1, 0.15) is 25.3 Å². The van der Waals surface area contributed by atoms with Crippen molar-refractivity contribution in [2.45, 2.75) is 25.3 Å². The molecule has 0 spiro atoms. The van der Waals surface area contributed by atoms with E-state index in [9.17, 15) is 8.78 Å². The zero-order chi connectivity index (χ0) is 11.1. The molecule has 1 aromatic carbocycles. The van der Waals surface area contributed by atoms with Crippen LogP contribution in [0.25, 0.3) is 0 Å². The predicted octanol–water partition coefficient (Wildman–Crippen LogP) is 2.15. The molecule has 4 heteroatoms. The molecule has 1 saturated heterocycles. The smallest absolute Gasteiger partial charge is 0.181 e. The number of hydrogen-bond acceptors (Lipinski definition) is 2. The Hall–Kier alpha value is -1.16. The fourth-order valence-corrected chi connectivity index (χ4v) is 2.07. The van der Waals surface area contributed by atoms with Crippen molar-refractivity contribution >= 4 is 5.69 Å². The molecular formula is C11H14F2N2. The molecule has 1 atom stereocenters. The van der Waals surface area contributed by atoms with Crippen LogP contribution in [0.15, 0.2) is 12.1 Å². The summed E-state index contributed by atoms with van der Waals surface area (Å²) in [5.41, 5.74) is 5.72. The van der Waals surface area contributed by atoms with Gasteiger partial charge in [0, 0.05) is 5.54 Å². The van der Waals surface area contributed by atoms with Crippen molar-refractivity contribution in [1.29, 1.82) is 0 Å². The van der Waals surface area contributed by atoms with Crippen molar-refractivity contribution in [2.75, 3.05) is 12.3 Å². The lowest BCUT2D eigenvalue weighted by atomic mass is 9.90. The minimum Gasteiger partial charge on any atom is -0.396 e. The van der Waals surface area contributed by atoms with Gasteiger partial charge in [0.2, 0.25) is 0 Å². The van der Waals surface area contributed by atoms with E-state index in [0.717, 1.165) is 24.9 Å². The molecule has 2 nitrogen and oxygen atoms in total. The van der Waals surface area contributed by atoms with Crippen molar-refractivity contribution < 1.29 is 8.78 Å². The van der Waals surface area contributed by atoms with E-state index in [2.05, 4.69) is 5.32 Å². The van der Waals surface area contributed by atoms with Gasteiger partial charge in [-0.15, -0.1) is 0 Å². The summed E-state index contributed by atoms with van der Waals surface area (Å²) in [5.74, 6) is -1.83. The van der Waals surface area contributed by atoms with Gasteiger partial charge in [-0.05, 0) is 44.0 Å². The maximum atomic E-state index is 13.2. The molecule has 1 aromatic rings. The molecule has 1 fully saturated rings. The number of hydrogen-bond donors (Lipinski definition) is 2. The van der Waals surface area contributed by atoms with E-state index in [1.54, 1.807) is 0 Å². The summed E-state index contributed by atoms with van der Waals surface area (Å²) in [4.78, 5) is 0. The number of halogens is 2. The fourth-order valence-electron chi connectivity index (χ4n) is 2.07. The largest absolute Gasteiger partial charge is 0.396 e. The van der Waals surface area contributed by atoms with Crippen LogP contribution in [-0.4, -0.2) is 6.54 Å². The lowest BCUT2D eigenvalue weighted by Gasteiger charge is -2.25. The van der Waals surface area contributed by atoms with E-state index in [0.29, 0.717) is 0 Å². The third-order valence-corrected chi connectivity index (χ3v) is 3.06. The Kier molecular flexibility index (Phi) is 2.38. The van der Waals surface area contributed by atoms with E-state index in [-0.39, 0.29) is 11.2 Å². The first-order valence-electron chi connectivity index (χ1n) is 5.03. The average Bonchev–Trinajstić information content (AvgIpc) is 2.62. The molecule has 1 aliphatic rings. The normalized spacial score (nSPS) is 25.8. The Bertz CT molecular complexity index is 361. The molecule has 0 saturated carbocycles. The summed E-state index contributed by atoms with van der Waals surface area (Å²) in [6, 6.07) is 2.74. The number of nitrogens with two attached hydrogens (primary N) is 1. The van der Waals surface area contributed by atoms with Gasteiger partial charge < -0.3 is 11.1 Å². The van der Waals surface area contributed by atoms with Gasteiger partial charge >= 0.3 is 0 Å². The highest BCUT2D eigenvalue weighted by molar-refractivity contribution is 5.45. The Morgan fingerprint density at radius 2 is 2.13 bits per heavy atom. The molecule has 3 N–H and O–H groups in total. The molecule has 0 aromatic heterocycles. The number of nitrogen functional groups attached to an aromatic ring is 1. The zero-order valence-electron chi connectivity index (χ0n) is 8.61. The van der Waals surface area contributed by atoms with E-state index >= 15 is 0 Å². The summed E-state index contributed by atoms with van der Waals surface area (Å²) in [7, 11) is 0. The summed E-state index contributed by atoms with van der Waals surface area (Å²) in [5, 5.41) is 3.28. The molecule has 0 amide bonds. The average molecular weight is 212 g/mol. The van der Waals surface area contributed by atoms with Crippen molar-refractivity contribution in [1.82, 2.24) is 5.32 Å². The topological polar surface area (TPSA) is 38.0 Å². The van der Waals surface area contributed by atoms with Gasteiger partial charge in [0.25, 0.3) is 0 Å². The zero-order valence-corrected chi connectivity index (χ0v) is 8.61. The maximum absolute atomic E-state index is 13.2. The van der Waals surface area contributed by atoms with Gasteiger partial charge in [-0.3, -0.25) is 0 Å². The Labute approximate surface area is 87.5 Å². The summed E-state index contributed by atoms with van der Waals surface area (Å²) in [6.07, 6.45) is 1.95. The van der Waals surface area contributed by atoms with E-state index in [4.69, 9.17) is 5.73 Å². The monoisotopic (exact) mass is 212 g/mol. The Morgan fingerprint density at radius 1 is 1.40 bits per heavy atom. The van der Waals surface area contributed by atoms with Crippen molar-refractivity contribution in [3.05, 3.63) is 29.3 Å². The van der Waals surface area contributed by atoms with Crippen LogP contribution in [0.5, 0.6) is 0 Å². The lowest BCUT2D eigenvalue weighted by Crippen LogP contribution is -2.33. The van der Waals surface area contributed by atoms with Crippen molar-refractivity contribution in [2.24, 2.45) is 0 Å². The number of nitrogens with one attached hydrogen (secondary N) is 1. The highest BCUT2D eigenvalue weighted by Crippen LogP contribution is 2.32. The standard InChI is InChI=1S/C11H14F2N2/c1-11(3-2-4-15-11)7-5-8(12)10(13)9(14)6-7/h5-6,15H,2-4,14H2,1H3. The van der Waals surface area contributed by atoms with Gasteiger partial charge in [-0.2, -0.15) is 0 Å². The van der Waals surface area contributed by atoms with Gasteiger partial charge in [0.15, 0.2) is 11.6 Å². The number of rotatable bonds is 1. The minimum absolute atomic E-state index is 0.125. The lowest BCUT2D eigenvalue weighted by molar-refractivity contribution is 0.427. The highest BCUT2D eigenvalue weighted by Gasteiger charge is 2.31.